The summed E-state index contributed by atoms with van der Waals surface area (Å²) >= 11 is 6.01. The average molecular weight is 277 g/mol. The molecule has 1 N–H and O–H groups in total. The highest BCUT2D eigenvalue weighted by atomic mass is 35.5. The minimum Gasteiger partial charge on any atom is -0.350 e. The smallest absolute Gasteiger partial charge is 0.0470 e. The highest BCUT2D eigenvalue weighted by Crippen LogP contribution is 2.22. The van der Waals surface area contributed by atoms with Crippen molar-refractivity contribution in [2.75, 3.05) is 7.05 Å². The lowest BCUT2D eigenvalue weighted by Crippen LogP contribution is -2.21. The molecule has 0 bridgehead atoms. The normalized spacial score (nSPS) is 12.9. The Balaban J connectivity index is 2.13. The lowest BCUT2D eigenvalue weighted by molar-refractivity contribution is 0.443. The van der Waals surface area contributed by atoms with E-state index in [2.05, 4.69) is 48.3 Å². The van der Waals surface area contributed by atoms with Gasteiger partial charge in [0.05, 0.1) is 0 Å². The van der Waals surface area contributed by atoms with Gasteiger partial charge in [0.15, 0.2) is 0 Å². The van der Waals surface area contributed by atoms with Gasteiger partial charge in [0.25, 0.3) is 0 Å². The van der Waals surface area contributed by atoms with Crippen LogP contribution in [0.4, 0.5) is 0 Å². The third kappa shape index (κ3) is 3.62. The van der Waals surface area contributed by atoms with Crippen molar-refractivity contribution in [3.05, 3.63) is 58.9 Å². The van der Waals surface area contributed by atoms with Gasteiger partial charge < -0.3 is 9.88 Å². The van der Waals surface area contributed by atoms with E-state index in [1.54, 1.807) is 0 Å². The lowest BCUT2D eigenvalue weighted by atomic mass is 9.99. The molecule has 2 aromatic rings. The van der Waals surface area contributed by atoms with Crippen molar-refractivity contribution in [1.29, 1.82) is 0 Å². The predicted molar refractivity (Wildman–Crippen MR) is 81.6 cm³/mol. The van der Waals surface area contributed by atoms with Crippen LogP contribution in [-0.4, -0.2) is 11.6 Å². The summed E-state index contributed by atoms with van der Waals surface area (Å²) in [4.78, 5) is 0. The third-order valence-electron chi connectivity index (χ3n) is 3.36. The van der Waals surface area contributed by atoms with Gasteiger partial charge in [-0.05, 0) is 42.3 Å². The Hall–Kier alpha value is -1.25. The molecule has 1 unspecified atom stereocenters. The zero-order valence-electron chi connectivity index (χ0n) is 11.7. The number of benzene rings is 1. The Morgan fingerprint density at radius 2 is 2.05 bits per heavy atom. The summed E-state index contributed by atoms with van der Waals surface area (Å²) in [7, 11) is 2.01. The molecule has 0 aliphatic carbocycles. The van der Waals surface area contributed by atoms with E-state index in [-0.39, 0.29) is 0 Å². The summed E-state index contributed by atoms with van der Waals surface area (Å²) in [6.45, 7) is 5.32. The van der Waals surface area contributed by atoms with Crippen LogP contribution in [0.25, 0.3) is 0 Å². The first-order chi connectivity index (χ1) is 9.10. The molecule has 0 saturated carbocycles. The lowest BCUT2D eigenvalue weighted by Gasteiger charge is -2.18. The van der Waals surface area contributed by atoms with Gasteiger partial charge >= 0.3 is 0 Å². The Labute approximate surface area is 120 Å². The quantitative estimate of drug-likeness (QED) is 0.870. The van der Waals surface area contributed by atoms with E-state index in [0.717, 1.165) is 11.6 Å². The molecule has 3 heteroatoms. The Kier molecular flexibility index (Phi) is 4.67. The zero-order chi connectivity index (χ0) is 13.8. The molecule has 0 amide bonds. The summed E-state index contributed by atoms with van der Waals surface area (Å²) in [6, 6.07) is 10.6. The molecule has 0 saturated heterocycles. The molecule has 1 atom stereocenters. The summed E-state index contributed by atoms with van der Waals surface area (Å²) in [5.41, 5.74) is 2.56. The molecule has 1 aromatic heterocycles. The van der Waals surface area contributed by atoms with Gasteiger partial charge in [-0.3, -0.25) is 0 Å². The van der Waals surface area contributed by atoms with Crippen LogP contribution in [0.15, 0.2) is 42.7 Å². The van der Waals surface area contributed by atoms with Gasteiger partial charge in [-0.25, -0.2) is 0 Å². The van der Waals surface area contributed by atoms with Crippen molar-refractivity contribution in [3.63, 3.8) is 0 Å². The van der Waals surface area contributed by atoms with Crippen LogP contribution in [0.1, 0.15) is 31.0 Å². The molecule has 2 nitrogen and oxygen atoms in total. The second kappa shape index (κ2) is 6.27. The van der Waals surface area contributed by atoms with Gasteiger partial charge in [-0.1, -0.05) is 37.6 Å². The van der Waals surface area contributed by atoms with Gasteiger partial charge in [0.1, 0.15) is 0 Å². The fourth-order valence-corrected chi connectivity index (χ4v) is 2.69. The number of hydrogen-bond acceptors (Lipinski definition) is 1. The number of nitrogens with one attached hydrogen (secondary N) is 1. The van der Waals surface area contributed by atoms with Crippen LogP contribution in [0, 0.1) is 5.92 Å². The second-order valence-corrected chi connectivity index (χ2v) is 5.69. The number of rotatable bonds is 5. The maximum atomic E-state index is 6.01. The van der Waals surface area contributed by atoms with Gasteiger partial charge in [0.2, 0.25) is 0 Å². The van der Waals surface area contributed by atoms with E-state index in [1.165, 1.54) is 11.1 Å². The molecule has 2 rings (SSSR count). The summed E-state index contributed by atoms with van der Waals surface area (Å²) in [5, 5.41) is 4.16. The Morgan fingerprint density at radius 3 is 2.68 bits per heavy atom. The highest BCUT2D eigenvalue weighted by Gasteiger charge is 2.14. The van der Waals surface area contributed by atoms with Crippen LogP contribution in [0.2, 0.25) is 5.02 Å². The monoisotopic (exact) mass is 276 g/mol. The summed E-state index contributed by atoms with van der Waals surface area (Å²) in [6.07, 6.45) is 4.34. The van der Waals surface area contributed by atoms with E-state index in [1.807, 2.05) is 25.2 Å². The SMILES string of the molecule is CNC(c1ccn(Cc2cccc(Cl)c2)c1)C(C)C. The largest absolute Gasteiger partial charge is 0.350 e. The zero-order valence-corrected chi connectivity index (χ0v) is 12.5. The standard InChI is InChI=1S/C16H21ClN2/c1-12(2)16(18-3)14-7-8-19(11-14)10-13-5-4-6-15(17)9-13/h4-9,11-12,16,18H,10H2,1-3H3. The Bertz CT molecular complexity index is 531. The van der Waals surface area contributed by atoms with Crippen LogP contribution < -0.4 is 5.32 Å². The maximum Gasteiger partial charge on any atom is 0.0470 e. The summed E-state index contributed by atoms with van der Waals surface area (Å²) in [5.74, 6) is 0.576. The second-order valence-electron chi connectivity index (χ2n) is 5.26. The fourth-order valence-electron chi connectivity index (χ4n) is 2.47. The first-order valence-electron chi connectivity index (χ1n) is 6.67. The van der Waals surface area contributed by atoms with E-state index >= 15 is 0 Å². The molecule has 0 radical (unpaired) electrons. The minimum absolute atomic E-state index is 0.403. The van der Waals surface area contributed by atoms with Crippen molar-refractivity contribution >= 4 is 11.6 Å². The number of hydrogen-bond donors (Lipinski definition) is 1. The minimum atomic E-state index is 0.403. The molecule has 0 spiro atoms. The molecule has 102 valence electrons. The van der Waals surface area contributed by atoms with Crippen molar-refractivity contribution in [2.45, 2.75) is 26.4 Å². The first-order valence-corrected chi connectivity index (χ1v) is 7.05. The van der Waals surface area contributed by atoms with Crippen LogP contribution in [0.3, 0.4) is 0 Å². The number of halogens is 1. The predicted octanol–water partition coefficient (Wildman–Crippen LogP) is 4.11. The molecular formula is C16H21ClN2. The highest BCUT2D eigenvalue weighted by molar-refractivity contribution is 6.30. The van der Waals surface area contributed by atoms with E-state index in [0.29, 0.717) is 12.0 Å². The van der Waals surface area contributed by atoms with Crippen molar-refractivity contribution in [1.82, 2.24) is 9.88 Å². The van der Waals surface area contributed by atoms with Crippen LogP contribution >= 0.6 is 11.6 Å². The molecule has 1 aromatic carbocycles. The van der Waals surface area contributed by atoms with Crippen LogP contribution in [0.5, 0.6) is 0 Å². The van der Waals surface area contributed by atoms with Gasteiger partial charge in [-0.15, -0.1) is 0 Å². The topological polar surface area (TPSA) is 17.0 Å². The molecular weight excluding hydrogens is 256 g/mol. The van der Waals surface area contributed by atoms with E-state index in [9.17, 15) is 0 Å². The van der Waals surface area contributed by atoms with Gasteiger partial charge in [0, 0.05) is 30.0 Å². The van der Waals surface area contributed by atoms with Crippen molar-refractivity contribution in [3.8, 4) is 0 Å². The maximum absolute atomic E-state index is 6.01. The summed E-state index contributed by atoms with van der Waals surface area (Å²) < 4.78 is 2.20. The fraction of sp³-hybridized carbons (Fsp3) is 0.375. The van der Waals surface area contributed by atoms with Crippen molar-refractivity contribution in [2.24, 2.45) is 5.92 Å². The first kappa shape index (κ1) is 14.2. The molecule has 19 heavy (non-hydrogen) atoms. The molecule has 1 heterocycles. The van der Waals surface area contributed by atoms with Crippen molar-refractivity contribution < 1.29 is 0 Å². The number of nitrogens with zero attached hydrogens (tertiary/aromatic N) is 1. The van der Waals surface area contributed by atoms with Gasteiger partial charge in [-0.2, -0.15) is 0 Å². The molecule has 0 aliphatic heterocycles. The third-order valence-corrected chi connectivity index (χ3v) is 3.60. The average Bonchev–Trinajstić information content (AvgIpc) is 2.78. The van der Waals surface area contributed by atoms with E-state index < -0.39 is 0 Å². The van der Waals surface area contributed by atoms with Crippen LogP contribution in [-0.2, 0) is 6.54 Å². The molecule has 0 fully saturated rings. The van der Waals surface area contributed by atoms with E-state index in [4.69, 9.17) is 11.6 Å². The molecule has 0 aliphatic rings. The number of aromatic nitrogens is 1. The Morgan fingerprint density at radius 1 is 1.26 bits per heavy atom.